The van der Waals surface area contributed by atoms with Crippen LogP contribution in [-0.4, -0.2) is 108 Å². The van der Waals surface area contributed by atoms with Crippen LogP contribution < -0.4 is 40.8 Å². The third kappa shape index (κ3) is 15.1. The molecule has 9 heteroatoms. The van der Waals surface area contributed by atoms with Crippen molar-refractivity contribution < 1.29 is 4.74 Å². The first-order chi connectivity index (χ1) is 63.8. The van der Waals surface area contributed by atoms with Crippen LogP contribution in [0.15, 0.2) is 97.1 Å². The van der Waals surface area contributed by atoms with Crippen molar-refractivity contribution in [3.63, 3.8) is 0 Å². The number of morpholine rings is 1. The van der Waals surface area contributed by atoms with Gasteiger partial charge < -0.3 is 24.3 Å². The van der Waals surface area contributed by atoms with Gasteiger partial charge in [0.05, 0.1) is 13.2 Å². The molecule has 2 atom stereocenters. The van der Waals surface area contributed by atoms with Gasteiger partial charge in [-0.2, -0.15) is 0 Å². The van der Waals surface area contributed by atoms with Crippen LogP contribution in [0.3, 0.4) is 0 Å². The lowest BCUT2D eigenvalue weighted by Crippen LogP contribution is -2.58. The number of hydrogen-bond acceptors (Lipinski definition) is 5. The summed E-state index contributed by atoms with van der Waals surface area (Å²) in [6, 6.07) is 39.8. The van der Waals surface area contributed by atoms with Crippen molar-refractivity contribution in [2.75, 3.05) is 86.2 Å². The molecular weight excluding hydrogens is 1660 g/mol. The molecule has 131 heavy (non-hydrogen) atoms. The molecule has 3 heterocycles. The van der Waals surface area contributed by atoms with Crippen LogP contribution in [0.2, 0.25) is 0 Å². The Balaban J connectivity index is 0.0000000877. The molecule has 2 unspecified atom stereocenters. The number of benzene rings is 4. The highest BCUT2D eigenvalue weighted by atomic mass is 31.1. The Morgan fingerprint density at radius 3 is 0.649 bits per heavy atom. The van der Waals surface area contributed by atoms with E-state index in [4.69, 9.17) is 4.74 Å². The van der Waals surface area contributed by atoms with Crippen molar-refractivity contribution in [1.29, 1.82) is 0 Å². The molecule has 708 valence electrons. The minimum absolute atomic E-state index is 0.0912. The quantitative estimate of drug-likeness (QED) is 0.104. The third-order valence-electron chi connectivity index (χ3n) is 46.1. The monoisotopic (exact) mass is 1840 g/mol. The van der Waals surface area contributed by atoms with Crippen molar-refractivity contribution >= 4 is 75.7 Å². The van der Waals surface area contributed by atoms with Crippen molar-refractivity contribution in [1.82, 2.24) is 0 Å². The summed E-state index contributed by atoms with van der Waals surface area (Å²) in [5, 5.41) is 12.9. The summed E-state index contributed by atoms with van der Waals surface area (Å²) in [6.45, 7) is 14.2. The molecule has 0 radical (unpaired) electrons. The van der Waals surface area contributed by atoms with Gasteiger partial charge in [0.1, 0.15) is 0 Å². The van der Waals surface area contributed by atoms with Gasteiger partial charge in [0.15, 0.2) is 0 Å². The molecule has 0 N–H and O–H groups in total. The molecule has 32 saturated carbocycles. The summed E-state index contributed by atoms with van der Waals surface area (Å²) in [5.74, 6) is 27.4. The number of piperidine rings is 2. The van der Waals surface area contributed by atoms with Gasteiger partial charge in [-0.25, -0.2) is 0 Å². The zero-order valence-corrected chi connectivity index (χ0v) is 86.2. The maximum atomic E-state index is 5.79. The van der Waals surface area contributed by atoms with Gasteiger partial charge in [0.2, 0.25) is 0 Å². The average Bonchev–Trinajstić information content (AvgIpc) is 0.704. The molecule has 39 rings (SSSR count). The van der Waals surface area contributed by atoms with E-state index in [1.807, 2.05) is 21.2 Å². The van der Waals surface area contributed by atoms with E-state index in [1.165, 1.54) is 51.9 Å². The van der Waals surface area contributed by atoms with Crippen LogP contribution in [0.4, 0.5) is 22.7 Å². The highest BCUT2D eigenvalue weighted by molar-refractivity contribution is 7.70. The second-order valence-corrected chi connectivity index (χ2v) is 68.5. The SMILES string of the molecule is CC1CC(C)CN(c2ccccc2P(C23CC4CC(CC(C4)C2)C3)C23CC4CC(CC(C4)C2)C3)C1.CN(C)c1ccccc1P(C12CC3CC(CC(C3)C1)C2)C12CC3CC(CC(C3)C1)C2.c1ccc(P(C23CC4CC(CC(C4)C2)C3)C23CC4CC(CC(C4)C2)C3)c(N2CCCCC2)c1.c1ccc(P(C23CC4CC(CC(C4)C2)C3)C23CC4CC(CC(C4)C2)C3)c(N2CCOCC2)c1. The smallest absolute Gasteiger partial charge is 0.0642 e. The molecule has 4 aromatic rings. The number of para-hydroxylation sites is 4. The molecule has 3 saturated heterocycles. The van der Waals surface area contributed by atoms with Gasteiger partial charge >= 0.3 is 0 Å². The molecule has 32 aliphatic carbocycles. The standard InChI is InChI=1S/C33H48NP.C31H44NP.C30H42NOP.C28H40NP/c1-22-7-23(2)21-34(20-22)30-5-3-4-6-31(30)35(32-14-24-8-25(15-32)10-26(9-24)16-32)33-17-27-11-28(18-33)13-29(12-27)19-33;1-4-8-32(9-5-1)28-6-2-3-7-29(28)33(30-16-22-10-23(17-30)12-24(11-22)18-30)31-19-25-13-26(20-31)15-27(14-25)21-31;1-2-4-28(27(3-1)31-5-7-32-8-6-31)33(29-15-21-9-22(16-29)11-23(10-21)17-29)30-18-24-12-25(19-30)14-26(13-24)20-30;1-29(2)25-5-3-4-6-26(25)30(27-13-19-7-20(14-27)9-21(8-19)15-27)28-16-22-10-23(17-28)12-24(11-22)18-28/h3-6,22-29H,7-21H2,1-2H3;2-3,6-7,22-27H,1,4-5,8-21H2;1-4,21-26H,5-20H2;3-6,19-24H,7-18H2,1-2H3. The topological polar surface area (TPSA) is 22.2 Å². The summed E-state index contributed by atoms with van der Waals surface area (Å²) in [5.41, 5.74) is 6.59. The first-order valence-electron chi connectivity index (χ1n) is 57.9. The van der Waals surface area contributed by atoms with Crippen molar-refractivity contribution in [2.45, 2.75) is 389 Å². The summed E-state index contributed by atoms with van der Waals surface area (Å²) in [7, 11) is 4.15. The molecule has 0 aromatic heterocycles. The van der Waals surface area contributed by atoms with E-state index in [0.29, 0.717) is 41.2 Å². The number of nitrogens with zero attached hydrogens (tertiary/aromatic N) is 4. The third-order valence-corrected chi connectivity index (χ3v) is 61.5. The number of anilines is 4. The van der Waals surface area contributed by atoms with E-state index >= 15 is 0 Å². The van der Waals surface area contributed by atoms with Crippen LogP contribution in [-0.2, 0) is 4.74 Å². The highest BCUT2D eigenvalue weighted by Crippen LogP contribution is 2.85. The zero-order valence-electron chi connectivity index (χ0n) is 82.7. The molecular formula is C122H174N4OP4. The number of hydrogen-bond donors (Lipinski definition) is 0. The maximum absolute atomic E-state index is 5.79. The van der Waals surface area contributed by atoms with Crippen molar-refractivity contribution in [3.8, 4) is 0 Å². The van der Waals surface area contributed by atoms with Gasteiger partial charge in [0.25, 0.3) is 0 Å². The first-order valence-corrected chi connectivity index (χ1v) is 63.3. The summed E-state index contributed by atoms with van der Waals surface area (Å²) in [4.78, 5) is 10.9. The first kappa shape index (κ1) is 86.6. The van der Waals surface area contributed by atoms with E-state index in [2.05, 4.69) is 145 Å². The molecule has 35 aliphatic rings. The van der Waals surface area contributed by atoms with E-state index in [-0.39, 0.29) is 31.7 Å². The van der Waals surface area contributed by atoms with Crippen molar-refractivity contribution in [2.24, 2.45) is 154 Å². The molecule has 3 aliphatic heterocycles. The molecule has 35 fully saturated rings. The van der Waals surface area contributed by atoms with Crippen LogP contribution >= 0.6 is 31.7 Å². The van der Waals surface area contributed by atoms with E-state index in [0.717, 1.165) is 180 Å². The Labute approximate surface area is 800 Å². The predicted molar refractivity (Wildman–Crippen MR) is 558 cm³/mol. The normalized spacial score (nSPS) is 49.1. The second kappa shape index (κ2) is 33.2. The fraction of sp³-hybridized carbons (Fsp3) is 0.803. The summed E-state index contributed by atoms with van der Waals surface area (Å²) >= 11 is 0. The molecule has 5 nitrogen and oxygen atoms in total. The van der Waals surface area contributed by atoms with Gasteiger partial charge in [0, 0.05) is 97.3 Å². The van der Waals surface area contributed by atoms with Gasteiger partial charge in [-0.1, -0.05) is 118 Å². The summed E-state index contributed by atoms with van der Waals surface area (Å²) < 4.78 is 5.79. The predicted octanol–water partition coefficient (Wildman–Crippen LogP) is 29.3. The fourth-order valence-corrected chi connectivity index (χ4v) is 67.8. The lowest BCUT2D eigenvalue weighted by molar-refractivity contribution is 0.0193. The van der Waals surface area contributed by atoms with Crippen LogP contribution in [0.5, 0.6) is 0 Å². The Kier molecular flexibility index (Phi) is 21.9. The second-order valence-electron chi connectivity index (χ2n) is 56.3. The summed E-state index contributed by atoms with van der Waals surface area (Å²) in [6.07, 6.45) is 82.1. The Hall–Kier alpha value is -2.24. The molecule has 0 amide bonds. The minimum atomic E-state index is -0.132. The van der Waals surface area contributed by atoms with Gasteiger partial charge in [-0.05, 0) is 553 Å². The zero-order chi connectivity index (χ0) is 86.7. The fourth-order valence-electron chi connectivity index (χ4n) is 46.4. The largest absolute Gasteiger partial charge is 0.378 e. The average molecular weight is 1840 g/mol. The van der Waals surface area contributed by atoms with Crippen LogP contribution in [0.1, 0.15) is 348 Å². The van der Waals surface area contributed by atoms with Crippen LogP contribution in [0.25, 0.3) is 0 Å². The number of rotatable bonds is 16. The highest BCUT2D eigenvalue weighted by Gasteiger charge is 2.70. The van der Waals surface area contributed by atoms with E-state index in [9.17, 15) is 0 Å². The Morgan fingerprint density at radius 2 is 0.420 bits per heavy atom. The lowest BCUT2D eigenvalue weighted by atomic mass is 9.55. The Morgan fingerprint density at radius 1 is 0.229 bits per heavy atom. The van der Waals surface area contributed by atoms with E-state index in [1.54, 1.807) is 331 Å². The number of ether oxygens (including phenoxy) is 1. The van der Waals surface area contributed by atoms with Gasteiger partial charge in [-0.15, -0.1) is 0 Å². The molecule has 0 spiro atoms. The van der Waals surface area contributed by atoms with Gasteiger partial charge in [-0.3, -0.25) is 0 Å². The maximum Gasteiger partial charge on any atom is 0.0642 e. The Bertz CT molecular complexity index is 4230. The van der Waals surface area contributed by atoms with Crippen molar-refractivity contribution in [3.05, 3.63) is 97.1 Å². The van der Waals surface area contributed by atoms with Crippen LogP contribution in [0, 0.1) is 154 Å². The minimum Gasteiger partial charge on any atom is -0.378 e. The lowest BCUT2D eigenvalue weighted by Gasteiger charge is -2.67. The van der Waals surface area contributed by atoms with E-state index < -0.39 is 0 Å². The molecule has 4 aromatic carbocycles. The molecule has 32 bridgehead atoms.